The first-order valence-corrected chi connectivity index (χ1v) is 3.92. The van der Waals surface area contributed by atoms with Crippen molar-refractivity contribution in [3.8, 4) is 0 Å². The number of hydrazine groups is 1. The Balaban J connectivity index is 2.18. The molecule has 1 aliphatic rings. The van der Waals surface area contributed by atoms with Crippen molar-refractivity contribution in [1.29, 1.82) is 0 Å². The fourth-order valence-corrected chi connectivity index (χ4v) is 1.08. The molecule has 13 heavy (non-hydrogen) atoms. The number of anilines is 1. The van der Waals surface area contributed by atoms with E-state index in [9.17, 15) is 4.39 Å². The van der Waals surface area contributed by atoms with Crippen molar-refractivity contribution in [1.82, 2.24) is 5.43 Å². The van der Waals surface area contributed by atoms with E-state index in [0.29, 0.717) is 5.69 Å². The highest BCUT2D eigenvalue weighted by Gasteiger charge is 2.12. The van der Waals surface area contributed by atoms with E-state index in [1.54, 1.807) is 18.3 Å². The molecule has 4 heteroatoms. The maximum atomic E-state index is 12.8. The molecule has 0 aromatic heterocycles. The van der Waals surface area contributed by atoms with Gasteiger partial charge in [0.15, 0.2) is 0 Å². The van der Waals surface area contributed by atoms with E-state index in [2.05, 4.69) is 5.43 Å². The van der Waals surface area contributed by atoms with E-state index in [-0.39, 0.29) is 5.82 Å². The number of nitrogens with zero attached hydrogens (tertiary/aromatic N) is 1. The molecule has 0 amide bonds. The molecule has 68 valence electrons. The van der Waals surface area contributed by atoms with Crippen molar-refractivity contribution >= 4 is 5.69 Å². The van der Waals surface area contributed by atoms with Gasteiger partial charge in [-0.2, -0.15) is 0 Å². The molecule has 2 rings (SSSR count). The van der Waals surface area contributed by atoms with Crippen LogP contribution < -0.4 is 10.6 Å². The first-order chi connectivity index (χ1) is 6.25. The van der Waals surface area contributed by atoms with Gasteiger partial charge in [-0.1, -0.05) is 6.07 Å². The van der Waals surface area contributed by atoms with Gasteiger partial charge in [0.05, 0.1) is 6.20 Å². The summed E-state index contributed by atoms with van der Waals surface area (Å²) in [5.41, 5.74) is 3.46. The van der Waals surface area contributed by atoms with Gasteiger partial charge in [0.2, 0.25) is 0 Å². The summed E-state index contributed by atoms with van der Waals surface area (Å²) in [7, 11) is 0. The average Bonchev–Trinajstić information content (AvgIpc) is 2.52. The van der Waals surface area contributed by atoms with Gasteiger partial charge in [-0.05, 0) is 19.1 Å². The molecule has 1 aromatic carbocycles. The van der Waals surface area contributed by atoms with Gasteiger partial charge < -0.3 is 4.84 Å². The summed E-state index contributed by atoms with van der Waals surface area (Å²) in [5.74, 6) is 0.455. The molecular weight excluding hydrogens is 171 g/mol. The molecule has 1 aliphatic heterocycles. The fourth-order valence-electron chi connectivity index (χ4n) is 1.08. The highest BCUT2D eigenvalue weighted by Crippen LogP contribution is 2.18. The Bertz CT molecular complexity index is 351. The van der Waals surface area contributed by atoms with Crippen molar-refractivity contribution < 1.29 is 9.23 Å². The topological polar surface area (TPSA) is 24.5 Å². The minimum absolute atomic E-state index is 0.285. The lowest BCUT2D eigenvalue weighted by Crippen LogP contribution is -2.28. The first kappa shape index (κ1) is 7.91. The molecule has 3 nitrogen and oxygen atoms in total. The third-order valence-corrected chi connectivity index (χ3v) is 1.66. The fraction of sp³-hybridized carbons (Fsp3) is 0.111. The quantitative estimate of drug-likeness (QED) is 0.714. The molecule has 0 fully saturated rings. The van der Waals surface area contributed by atoms with Crippen LogP contribution in [-0.4, -0.2) is 0 Å². The average molecular weight is 180 g/mol. The van der Waals surface area contributed by atoms with E-state index >= 15 is 0 Å². The summed E-state index contributed by atoms with van der Waals surface area (Å²) in [6, 6.07) is 6.16. The summed E-state index contributed by atoms with van der Waals surface area (Å²) >= 11 is 0. The van der Waals surface area contributed by atoms with Crippen LogP contribution in [0.15, 0.2) is 36.2 Å². The zero-order valence-corrected chi connectivity index (χ0v) is 7.12. The minimum Gasteiger partial charge on any atom is -0.363 e. The van der Waals surface area contributed by atoms with Crippen LogP contribution in [0.2, 0.25) is 0 Å². The Kier molecular flexibility index (Phi) is 1.81. The van der Waals surface area contributed by atoms with Crippen LogP contribution >= 0.6 is 0 Å². The van der Waals surface area contributed by atoms with Crippen molar-refractivity contribution in [2.24, 2.45) is 0 Å². The predicted molar refractivity (Wildman–Crippen MR) is 46.9 cm³/mol. The number of allylic oxidation sites excluding steroid dienone is 1. The molecular formula is C9H9FN2O. The van der Waals surface area contributed by atoms with E-state index < -0.39 is 0 Å². The maximum Gasteiger partial charge on any atom is 0.149 e. The van der Waals surface area contributed by atoms with Crippen LogP contribution in [0.4, 0.5) is 10.1 Å². The van der Waals surface area contributed by atoms with Crippen LogP contribution in [0.5, 0.6) is 0 Å². The second-order valence-electron chi connectivity index (χ2n) is 2.75. The Labute approximate surface area is 75.3 Å². The molecule has 1 aromatic rings. The van der Waals surface area contributed by atoms with Gasteiger partial charge in [0.1, 0.15) is 17.3 Å². The van der Waals surface area contributed by atoms with E-state index in [0.717, 1.165) is 5.76 Å². The number of hydrogen-bond acceptors (Lipinski definition) is 3. The van der Waals surface area contributed by atoms with Crippen molar-refractivity contribution in [2.45, 2.75) is 6.92 Å². The van der Waals surface area contributed by atoms with Crippen LogP contribution in [-0.2, 0) is 4.84 Å². The number of nitrogens with one attached hydrogen (secondary N) is 1. The van der Waals surface area contributed by atoms with E-state index in [1.807, 2.05) is 6.92 Å². The summed E-state index contributed by atoms with van der Waals surface area (Å²) in [4.78, 5) is 5.22. The highest BCUT2D eigenvalue weighted by atomic mass is 19.1. The SMILES string of the molecule is CC1=CNN(c2cccc(F)c2)O1. The maximum absolute atomic E-state index is 12.8. The Morgan fingerprint density at radius 2 is 2.31 bits per heavy atom. The number of rotatable bonds is 1. The van der Waals surface area contributed by atoms with Crippen molar-refractivity contribution in [2.75, 3.05) is 5.17 Å². The largest absolute Gasteiger partial charge is 0.363 e. The molecule has 0 saturated carbocycles. The predicted octanol–water partition coefficient (Wildman–Crippen LogP) is 1.94. The minimum atomic E-state index is -0.285. The van der Waals surface area contributed by atoms with Gasteiger partial charge in [0.25, 0.3) is 0 Å². The van der Waals surface area contributed by atoms with Crippen LogP contribution in [0.1, 0.15) is 6.92 Å². The Morgan fingerprint density at radius 3 is 2.92 bits per heavy atom. The lowest BCUT2D eigenvalue weighted by Gasteiger charge is -2.16. The summed E-state index contributed by atoms with van der Waals surface area (Å²) in [6.45, 7) is 1.81. The van der Waals surface area contributed by atoms with Gasteiger partial charge in [-0.3, -0.25) is 5.43 Å². The van der Waals surface area contributed by atoms with Crippen LogP contribution in [0.25, 0.3) is 0 Å². The molecule has 0 saturated heterocycles. The summed E-state index contributed by atoms with van der Waals surface area (Å²) < 4.78 is 12.8. The molecule has 0 atom stereocenters. The molecule has 0 radical (unpaired) electrons. The lowest BCUT2D eigenvalue weighted by molar-refractivity contribution is 0.192. The van der Waals surface area contributed by atoms with E-state index in [1.165, 1.54) is 17.3 Å². The standard InChI is InChI=1S/C9H9FN2O/c1-7-6-11-12(13-7)9-4-2-3-8(10)5-9/h2-6,11H,1H3. The third-order valence-electron chi connectivity index (χ3n) is 1.66. The molecule has 0 bridgehead atoms. The number of benzene rings is 1. The molecule has 0 aliphatic carbocycles. The van der Waals surface area contributed by atoms with Gasteiger partial charge in [-0.25, -0.2) is 4.39 Å². The van der Waals surface area contributed by atoms with Gasteiger partial charge in [0, 0.05) is 6.07 Å². The second kappa shape index (κ2) is 2.97. The lowest BCUT2D eigenvalue weighted by atomic mass is 10.3. The smallest absolute Gasteiger partial charge is 0.149 e. The molecule has 1 heterocycles. The number of hydrogen-bond donors (Lipinski definition) is 1. The van der Waals surface area contributed by atoms with Gasteiger partial charge >= 0.3 is 0 Å². The van der Waals surface area contributed by atoms with E-state index in [4.69, 9.17) is 4.84 Å². The zero-order valence-electron chi connectivity index (χ0n) is 7.12. The normalized spacial score (nSPS) is 14.9. The van der Waals surface area contributed by atoms with Crippen LogP contribution in [0.3, 0.4) is 0 Å². The van der Waals surface area contributed by atoms with Crippen LogP contribution in [0, 0.1) is 5.82 Å². The molecule has 0 spiro atoms. The second-order valence-corrected chi connectivity index (χ2v) is 2.75. The van der Waals surface area contributed by atoms with Crippen molar-refractivity contribution in [3.63, 3.8) is 0 Å². The van der Waals surface area contributed by atoms with Crippen molar-refractivity contribution in [3.05, 3.63) is 42.0 Å². The molecule has 0 unspecified atom stereocenters. The molecule has 1 N–H and O–H groups in total. The zero-order chi connectivity index (χ0) is 9.26. The monoisotopic (exact) mass is 180 g/mol. The van der Waals surface area contributed by atoms with Gasteiger partial charge in [-0.15, -0.1) is 5.17 Å². The summed E-state index contributed by atoms with van der Waals surface area (Å²) in [5, 5.41) is 1.40. The Hall–Kier alpha value is -1.71. The first-order valence-electron chi connectivity index (χ1n) is 3.92. The third kappa shape index (κ3) is 1.56. The highest BCUT2D eigenvalue weighted by molar-refractivity contribution is 5.44. The number of halogens is 1. The summed E-state index contributed by atoms with van der Waals surface area (Å²) in [6.07, 6.45) is 1.70. The Morgan fingerprint density at radius 1 is 1.46 bits per heavy atom.